The van der Waals surface area contributed by atoms with Crippen molar-refractivity contribution in [3.8, 4) is 5.75 Å². The quantitative estimate of drug-likeness (QED) is 0.554. The van der Waals surface area contributed by atoms with Crippen LogP contribution in [0.15, 0.2) is 31.1 Å². The Balaban J connectivity index is 2.32. The lowest BCUT2D eigenvalue weighted by Gasteiger charge is -2.04. The first-order valence-electron chi connectivity index (χ1n) is 4.27. The molecule has 0 aliphatic rings. The van der Waals surface area contributed by atoms with Crippen LogP contribution in [0.1, 0.15) is 12.8 Å². The molecule has 1 aromatic rings. The maximum Gasteiger partial charge on any atom is 0.139 e. The number of pyridine rings is 1. The van der Waals surface area contributed by atoms with Crippen molar-refractivity contribution in [2.24, 2.45) is 0 Å². The molecule has 0 spiro atoms. The van der Waals surface area contributed by atoms with Gasteiger partial charge in [-0.2, -0.15) is 0 Å². The molecule has 0 amide bonds. The maximum absolute atomic E-state index is 5.53. The van der Waals surface area contributed by atoms with Gasteiger partial charge in [-0.1, -0.05) is 6.08 Å². The highest BCUT2D eigenvalue weighted by Gasteiger charge is 1.93. The molecule has 0 atom stereocenters. The lowest BCUT2D eigenvalue weighted by atomic mass is 10.3. The van der Waals surface area contributed by atoms with Gasteiger partial charge < -0.3 is 10.5 Å². The number of ether oxygens (including phenoxy) is 1. The summed E-state index contributed by atoms with van der Waals surface area (Å²) in [5, 5.41) is 0. The Morgan fingerprint density at radius 3 is 3.08 bits per heavy atom. The van der Waals surface area contributed by atoms with Crippen LogP contribution in [0.4, 0.5) is 5.69 Å². The molecule has 0 aliphatic heterocycles. The number of nitrogens with two attached hydrogens (primary N) is 1. The fourth-order valence-electron chi connectivity index (χ4n) is 0.932. The molecule has 0 unspecified atom stereocenters. The van der Waals surface area contributed by atoms with Crippen molar-refractivity contribution in [2.45, 2.75) is 12.8 Å². The normalized spacial score (nSPS) is 9.54. The number of allylic oxidation sites excluding steroid dienone is 1. The summed E-state index contributed by atoms with van der Waals surface area (Å²) in [5.41, 5.74) is 6.16. The molecule has 0 bridgehead atoms. The first-order chi connectivity index (χ1) is 6.33. The zero-order valence-corrected chi connectivity index (χ0v) is 7.57. The molecule has 0 saturated carbocycles. The minimum atomic E-state index is 0.626. The van der Waals surface area contributed by atoms with Crippen molar-refractivity contribution in [1.82, 2.24) is 4.98 Å². The Hall–Kier alpha value is -1.51. The molecule has 2 N–H and O–H groups in total. The average Bonchev–Trinajstić information content (AvgIpc) is 2.13. The van der Waals surface area contributed by atoms with Crippen LogP contribution in [-0.4, -0.2) is 11.6 Å². The van der Waals surface area contributed by atoms with Crippen molar-refractivity contribution in [2.75, 3.05) is 12.3 Å². The second kappa shape index (κ2) is 5.19. The number of anilines is 1. The van der Waals surface area contributed by atoms with Crippen LogP contribution in [0.5, 0.6) is 5.75 Å². The molecule has 70 valence electrons. The predicted octanol–water partition coefficient (Wildman–Crippen LogP) is 2.01. The van der Waals surface area contributed by atoms with E-state index in [-0.39, 0.29) is 0 Å². The van der Waals surface area contributed by atoms with Crippen LogP contribution in [-0.2, 0) is 0 Å². The van der Waals surface area contributed by atoms with Crippen molar-refractivity contribution in [1.29, 1.82) is 0 Å². The second-order valence-corrected chi connectivity index (χ2v) is 2.73. The van der Waals surface area contributed by atoms with E-state index in [1.54, 1.807) is 18.5 Å². The molecule has 1 aromatic heterocycles. The highest BCUT2D eigenvalue weighted by molar-refractivity contribution is 5.39. The highest BCUT2D eigenvalue weighted by Crippen LogP contribution is 2.12. The minimum Gasteiger partial charge on any atom is -0.492 e. The molecule has 0 saturated heterocycles. The summed E-state index contributed by atoms with van der Waals surface area (Å²) in [7, 11) is 0. The molecule has 0 radical (unpaired) electrons. The van der Waals surface area contributed by atoms with Crippen LogP contribution >= 0.6 is 0 Å². The van der Waals surface area contributed by atoms with Gasteiger partial charge in [-0.25, -0.2) is 0 Å². The van der Waals surface area contributed by atoms with E-state index in [9.17, 15) is 0 Å². The zero-order chi connectivity index (χ0) is 9.52. The molecule has 13 heavy (non-hydrogen) atoms. The average molecular weight is 178 g/mol. The third-order valence-corrected chi connectivity index (χ3v) is 1.56. The maximum atomic E-state index is 5.53. The van der Waals surface area contributed by atoms with Gasteiger partial charge in [0.25, 0.3) is 0 Å². The van der Waals surface area contributed by atoms with Crippen LogP contribution in [0.2, 0.25) is 0 Å². The van der Waals surface area contributed by atoms with Gasteiger partial charge in [0.1, 0.15) is 5.75 Å². The van der Waals surface area contributed by atoms with E-state index >= 15 is 0 Å². The number of hydrogen-bond donors (Lipinski definition) is 1. The Labute approximate surface area is 78.2 Å². The highest BCUT2D eigenvalue weighted by atomic mass is 16.5. The van der Waals surface area contributed by atoms with E-state index in [1.807, 2.05) is 6.08 Å². The fraction of sp³-hybridized carbons (Fsp3) is 0.300. The summed E-state index contributed by atoms with van der Waals surface area (Å²) in [6.07, 6.45) is 7.07. The summed E-state index contributed by atoms with van der Waals surface area (Å²) >= 11 is 0. The van der Waals surface area contributed by atoms with Gasteiger partial charge in [0.2, 0.25) is 0 Å². The van der Waals surface area contributed by atoms with E-state index in [1.165, 1.54) is 0 Å². The van der Waals surface area contributed by atoms with Gasteiger partial charge >= 0.3 is 0 Å². The van der Waals surface area contributed by atoms with Crippen LogP contribution in [0.3, 0.4) is 0 Å². The van der Waals surface area contributed by atoms with Gasteiger partial charge in [-0.05, 0) is 12.8 Å². The molecule has 1 rings (SSSR count). The fourth-order valence-corrected chi connectivity index (χ4v) is 0.932. The monoisotopic (exact) mass is 178 g/mol. The molecule has 3 nitrogen and oxygen atoms in total. The van der Waals surface area contributed by atoms with Crippen LogP contribution < -0.4 is 10.5 Å². The standard InChI is InChI=1S/C10H14N2O/c1-2-3-4-5-13-10-6-9(11)7-12-8-10/h2,6-8H,1,3-5,11H2. The predicted molar refractivity (Wildman–Crippen MR) is 53.6 cm³/mol. The molecular weight excluding hydrogens is 164 g/mol. The SMILES string of the molecule is C=CCCCOc1cncc(N)c1. The first-order valence-corrected chi connectivity index (χ1v) is 4.27. The smallest absolute Gasteiger partial charge is 0.139 e. The van der Waals surface area contributed by atoms with Crippen molar-refractivity contribution < 1.29 is 4.74 Å². The summed E-state index contributed by atoms with van der Waals surface area (Å²) in [4.78, 5) is 3.91. The number of hydrogen-bond acceptors (Lipinski definition) is 3. The molecule has 0 fully saturated rings. The van der Waals surface area contributed by atoms with Gasteiger partial charge in [-0.3, -0.25) is 4.98 Å². The summed E-state index contributed by atoms with van der Waals surface area (Å²) in [5.74, 6) is 0.726. The van der Waals surface area contributed by atoms with Crippen molar-refractivity contribution >= 4 is 5.69 Å². The Bertz CT molecular complexity index is 273. The third kappa shape index (κ3) is 3.60. The van der Waals surface area contributed by atoms with E-state index in [0.29, 0.717) is 12.3 Å². The molecule has 0 aliphatic carbocycles. The summed E-state index contributed by atoms with van der Waals surface area (Å²) in [6, 6.07) is 1.76. The Kier molecular flexibility index (Phi) is 3.82. The largest absolute Gasteiger partial charge is 0.492 e. The molecule has 0 aromatic carbocycles. The van der Waals surface area contributed by atoms with Gasteiger partial charge in [0.15, 0.2) is 0 Å². The number of unbranched alkanes of at least 4 members (excludes halogenated alkanes) is 1. The van der Waals surface area contributed by atoms with E-state index in [0.717, 1.165) is 18.6 Å². The Morgan fingerprint density at radius 2 is 2.38 bits per heavy atom. The minimum absolute atomic E-state index is 0.626. The number of aromatic nitrogens is 1. The van der Waals surface area contributed by atoms with Crippen LogP contribution in [0.25, 0.3) is 0 Å². The number of nitrogens with zero attached hydrogens (tertiary/aromatic N) is 1. The lowest BCUT2D eigenvalue weighted by Crippen LogP contribution is -1.97. The molecular formula is C10H14N2O. The molecule has 3 heteroatoms. The van der Waals surface area contributed by atoms with Gasteiger partial charge in [0, 0.05) is 6.07 Å². The lowest BCUT2D eigenvalue weighted by molar-refractivity contribution is 0.311. The summed E-state index contributed by atoms with van der Waals surface area (Å²) in [6.45, 7) is 4.31. The number of nitrogen functional groups attached to an aromatic ring is 1. The first kappa shape index (κ1) is 9.58. The third-order valence-electron chi connectivity index (χ3n) is 1.56. The van der Waals surface area contributed by atoms with E-state index in [4.69, 9.17) is 10.5 Å². The van der Waals surface area contributed by atoms with E-state index in [2.05, 4.69) is 11.6 Å². The second-order valence-electron chi connectivity index (χ2n) is 2.73. The van der Waals surface area contributed by atoms with Crippen LogP contribution in [0, 0.1) is 0 Å². The van der Waals surface area contributed by atoms with Crippen molar-refractivity contribution in [3.05, 3.63) is 31.1 Å². The number of rotatable bonds is 5. The van der Waals surface area contributed by atoms with E-state index < -0.39 is 0 Å². The van der Waals surface area contributed by atoms with Gasteiger partial charge in [0.05, 0.1) is 24.7 Å². The molecule has 1 heterocycles. The zero-order valence-electron chi connectivity index (χ0n) is 7.57. The summed E-state index contributed by atoms with van der Waals surface area (Å²) < 4.78 is 5.40. The van der Waals surface area contributed by atoms with Gasteiger partial charge in [-0.15, -0.1) is 6.58 Å². The van der Waals surface area contributed by atoms with Crippen molar-refractivity contribution in [3.63, 3.8) is 0 Å². The topological polar surface area (TPSA) is 48.1 Å². The Morgan fingerprint density at radius 1 is 1.54 bits per heavy atom.